The minimum absolute atomic E-state index is 0.110. The number of hydrogen-bond donors (Lipinski definition) is 4. The van der Waals surface area contributed by atoms with Gasteiger partial charge in [0, 0.05) is 131 Å². The molecule has 4 aliphatic carbocycles. The summed E-state index contributed by atoms with van der Waals surface area (Å²) in [4.78, 5) is 80.6. The smallest absolute Gasteiger partial charge is 0.199 e. The highest BCUT2D eigenvalue weighted by molar-refractivity contribution is 6.46. The van der Waals surface area contributed by atoms with E-state index >= 15 is 4.79 Å². The van der Waals surface area contributed by atoms with Gasteiger partial charge >= 0.3 is 0 Å². The van der Waals surface area contributed by atoms with E-state index in [0.29, 0.717) is 178 Å². The average Bonchev–Trinajstić information content (AvgIpc) is 0.678. The highest BCUT2D eigenvalue weighted by Gasteiger charge is 2.42. The SMILES string of the molecule is Cc1ccc2nc3c(c(O)c2c1)C(=O)c1cc(Oc2c(C)cccc2C)c2c4ccc5c6c(cc(Oc7c(C)cccc7C)c(c7ccc-3c1c72)c64)-c1nc2ccc(C)cc2c(O)c1C5=O.Cc1ccc2nc3c(c(O)c2c1)C(=O)c1ccc2c4c(Oc5c(C)cccc5C)cc5c6c(ccc(c7c(Oc8c(C)cccc8C)cc-3c1c27)c64)C(=O)c1c-5nc2ccc(C)cc2c1O. The van der Waals surface area contributed by atoms with E-state index < -0.39 is 0 Å². The van der Waals surface area contributed by atoms with Gasteiger partial charge in [0.2, 0.25) is 0 Å². The number of nitrogens with zero attached hydrogens (tertiary/aromatic N) is 4. The van der Waals surface area contributed by atoms with Crippen molar-refractivity contribution < 1.29 is 58.6 Å². The molecular weight excluding hydrogens is 1640 g/mol. The molecule has 0 saturated carbocycles. The Morgan fingerprint density at radius 2 is 0.417 bits per heavy atom. The molecule has 0 fully saturated rings. The molecule has 4 N–H and O–H groups in total. The molecule has 16 heteroatoms. The Kier molecular flexibility index (Phi) is 16.1. The van der Waals surface area contributed by atoms with Crippen LogP contribution in [0.5, 0.6) is 69.0 Å². The van der Waals surface area contributed by atoms with Gasteiger partial charge in [0.05, 0.1) is 67.1 Å². The summed E-state index contributed by atoms with van der Waals surface area (Å²) in [6.07, 6.45) is 0. The third-order valence-corrected chi connectivity index (χ3v) is 27.9. The second kappa shape index (κ2) is 27.4. The van der Waals surface area contributed by atoms with Crippen molar-refractivity contribution >= 4 is 153 Å². The summed E-state index contributed by atoms with van der Waals surface area (Å²) in [5.41, 5.74) is 19.9. The molecule has 0 radical (unpaired) electrons. The minimum Gasteiger partial charge on any atom is -0.506 e. The van der Waals surface area contributed by atoms with E-state index in [4.69, 9.17) is 38.9 Å². The fraction of sp³-hybridized carbons (Fsp3) is 0.103. The number of aromatic hydroxyl groups is 4. The fourth-order valence-corrected chi connectivity index (χ4v) is 21.8. The number of ketones is 4. The van der Waals surface area contributed by atoms with Crippen molar-refractivity contribution in [3.8, 4) is 114 Å². The molecule has 0 aliphatic heterocycles. The van der Waals surface area contributed by atoms with Crippen LogP contribution in [-0.4, -0.2) is 63.5 Å². The van der Waals surface area contributed by atoms with Crippen LogP contribution in [0.3, 0.4) is 0 Å². The maximum absolute atomic E-state index is 15.2. The summed E-state index contributed by atoms with van der Waals surface area (Å²) in [6, 6.07) is 69.8. The lowest BCUT2D eigenvalue weighted by atomic mass is 9.77. The number of rotatable bonds is 8. The summed E-state index contributed by atoms with van der Waals surface area (Å²) in [7, 11) is 0. The first-order valence-electron chi connectivity index (χ1n) is 44.0. The molecule has 0 bridgehead atoms. The zero-order chi connectivity index (χ0) is 90.4. The summed E-state index contributed by atoms with van der Waals surface area (Å²) in [6.45, 7) is 23.8. The number of aryl methyl sites for hydroxylation is 12. The lowest BCUT2D eigenvalue weighted by Crippen LogP contribution is -2.14. The largest absolute Gasteiger partial charge is 0.506 e. The number of carbonyl (C=O) groups excluding carboxylic acids is 4. The third-order valence-electron chi connectivity index (χ3n) is 27.9. The Labute approximate surface area is 753 Å². The van der Waals surface area contributed by atoms with Crippen LogP contribution in [0.15, 0.2) is 218 Å². The molecule has 4 aromatic heterocycles. The van der Waals surface area contributed by atoms with E-state index in [1.54, 1.807) is 0 Å². The average molecular weight is 1720 g/mol. The van der Waals surface area contributed by atoms with Gasteiger partial charge in [0.1, 0.15) is 69.0 Å². The number of benzene rings is 18. The van der Waals surface area contributed by atoms with Crippen molar-refractivity contribution in [1.29, 1.82) is 0 Å². The standard InChI is InChI=1S/2C58H38N2O6/c1-25-13-19-39-35(21-25)54(62)49-51(59-39)33-17-15-31-45-41(65-57-27(3)9-7-10-28(57)4)23-37-44-34(53(61)50-52(37)60-40-20-14-26(2)22-36(40)55(50)63)18-16-32(48(44)45)46-42(24-38(56(49)64)43(33)47(31)46)66-58-29(5)11-8-12-30(58)6;1-25-13-19-39-35(21-25)55(63)49-51(59-39)37-23-41(65-57-27(3)9-7-10-28(57)4)45-32-16-18-34-44-38(52-50(54(34)62)56(64)36-22-26(2)14-20-40(36)60-52)24-42(66-58-29(5)11-8-12-30(58)6)46(48(32)44)31-15-17-33(53(49)61)43(37)47(31)45/h7-24H,1-6H3,(H,59,62)(H,60,63);7-24H,1-6H3,(H,59,63)(H,60,64). The van der Waals surface area contributed by atoms with E-state index in [2.05, 4.69) is 0 Å². The van der Waals surface area contributed by atoms with Gasteiger partial charge in [-0.1, -0.05) is 150 Å². The molecule has 4 aliphatic rings. The van der Waals surface area contributed by atoms with Gasteiger partial charge in [-0.3, -0.25) is 19.2 Å². The summed E-state index contributed by atoms with van der Waals surface area (Å²) >= 11 is 0. The zero-order valence-corrected chi connectivity index (χ0v) is 73.6. The predicted octanol–water partition coefficient (Wildman–Crippen LogP) is 28.2. The van der Waals surface area contributed by atoms with Crippen LogP contribution in [0, 0.1) is 83.1 Å². The van der Waals surface area contributed by atoms with Crippen molar-refractivity contribution in [3.63, 3.8) is 0 Å². The maximum Gasteiger partial charge on any atom is 0.199 e. The number of ether oxygens (including phenoxy) is 4. The van der Waals surface area contributed by atoms with Crippen LogP contribution in [-0.2, 0) is 0 Å². The van der Waals surface area contributed by atoms with Crippen molar-refractivity contribution in [2.75, 3.05) is 0 Å². The quantitative estimate of drug-likeness (QED) is 0.0817. The Hall–Kier alpha value is -16.7. The molecule has 0 amide bonds. The molecule has 632 valence electrons. The normalized spacial score (nSPS) is 12.9. The molecule has 0 atom stereocenters. The van der Waals surface area contributed by atoms with Crippen LogP contribution < -0.4 is 18.9 Å². The number of fused-ring (bicyclic) bond motifs is 16. The van der Waals surface area contributed by atoms with Crippen molar-refractivity contribution in [1.82, 2.24) is 19.9 Å². The lowest BCUT2D eigenvalue weighted by Gasteiger charge is -2.28. The third kappa shape index (κ3) is 10.6. The minimum atomic E-state index is -0.362. The van der Waals surface area contributed by atoms with Gasteiger partial charge in [-0.15, -0.1) is 0 Å². The van der Waals surface area contributed by atoms with Crippen molar-refractivity contribution in [2.45, 2.75) is 83.1 Å². The van der Waals surface area contributed by atoms with E-state index in [1.807, 2.05) is 301 Å². The molecular formula is C116H76N4O12. The first-order valence-corrected chi connectivity index (χ1v) is 44.0. The number of para-hydroxylation sites is 4. The van der Waals surface area contributed by atoms with Crippen LogP contribution in [0.4, 0.5) is 0 Å². The Morgan fingerprint density at radius 3 is 0.667 bits per heavy atom. The van der Waals surface area contributed by atoms with Gasteiger partial charge in [-0.25, -0.2) is 19.9 Å². The molecule has 18 aromatic carbocycles. The van der Waals surface area contributed by atoms with Gasteiger partial charge < -0.3 is 39.4 Å². The van der Waals surface area contributed by atoms with Crippen LogP contribution in [0.25, 0.3) is 175 Å². The Bertz CT molecular complexity index is 8570. The van der Waals surface area contributed by atoms with E-state index in [1.165, 1.54) is 0 Å². The topological polar surface area (TPSA) is 238 Å². The summed E-state index contributed by atoms with van der Waals surface area (Å²) in [5, 5.41) is 61.7. The van der Waals surface area contributed by atoms with E-state index in [-0.39, 0.29) is 68.4 Å². The summed E-state index contributed by atoms with van der Waals surface area (Å²) in [5.74, 6) is 2.93. The molecule has 0 spiro atoms. The first-order chi connectivity index (χ1) is 63.7. The Balaban J connectivity index is 0.000000142. The number of carbonyl (C=O) groups is 4. The van der Waals surface area contributed by atoms with Crippen molar-refractivity contribution in [2.24, 2.45) is 0 Å². The van der Waals surface area contributed by atoms with Gasteiger partial charge in [0.15, 0.2) is 23.1 Å². The summed E-state index contributed by atoms with van der Waals surface area (Å²) < 4.78 is 28.6. The highest BCUT2D eigenvalue weighted by Crippen LogP contribution is 2.62. The fourth-order valence-electron chi connectivity index (χ4n) is 21.8. The van der Waals surface area contributed by atoms with E-state index in [0.717, 1.165) is 131 Å². The molecule has 4 heterocycles. The molecule has 16 nitrogen and oxygen atoms in total. The molecule has 26 rings (SSSR count). The molecule has 132 heavy (non-hydrogen) atoms. The predicted molar refractivity (Wildman–Crippen MR) is 522 cm³/mol. The monoisotopic (exact) mass is 1720 g/mol. The second-order valence-electron chi connectivity index (χ2n) is 36.3. The van der Waals surface area contributed by atoms with Crippen LogP contribution in [0.1, 0.15) is 130 Å². The molecule has 0 unspecified atom stereocenters. The number of hydrogen-bond acceptors (Lipinski definition) is 16. The zero-order valence-electron chi connectivity index (χ0n) is 73.6. The van der Waals surface area contributed by atoms with Crippen LogP contribution >= 0.6 is 0 Å². The highest BCUT2D eigenvalue weighted by atomic mass is 16.5. The molecule has 0 saturated heterocycles. The molecule has 22 aromatic rings. The number of aromatic nitrogens is 4. The lowest BCUT2D eigenvalue weighted by molar-refractivity contribution is 0.102. The maximum atomic E-state index is 15.2. The van der Waals surface area contributed by atoms with Crippen molar-refractivity contribution in [3.05, 3.63) is 330 Å². The van der Waals surface area contributed by atoms with Crippen LogP contribution in [0.2, 0.25) is 0 Å². The first kappa shape index (κ1) is 77.6. The second-order valence-corrected chi connectivity index (χ2v) is 36.3. The van der Waals surface area contributed by atoms with Gasteiger partial charge in [-0.05, 0) is 240 Å². The van der Waals surface area contributed by atoms with Gasteiger partial charge in [-0.2, -0.15) is 0 Å². The number of pyridine rings is 4. The van der Waals surface area contributed by atoms with E-state index in [9.17, 15) is 34.8 Å². The Morgan fingerprint density at radius 1 is 0.205 bits per heavy atom. The van der Waals surface area contributed by atoms with Gasteiger partial charge in [0.25, 0.3) is 0 Å².